The molecular weight excluding hydrogens is 316 g/mol. The Balaban J connectivity index is 1.69. The van der Waals surface area contributed by atoms with E-state index in [0.29, 0.717) is 24.5 Å². The molecule has 1 aromatic carbocycles. The highest BCUT2D eigenvalue weighted by Crippen LogP contribution is 2.23. The first kappa shape index (κ1) is 17.3. The van der Waals surface area contributed by atoms with Crippen LogP contribution >= 0.6 is 11.8 Å². The molecule has 0 aliphatic carbocycles. The van der Waals surface area contributed by atoms with Crippen LogP contribution in [0.25, 0.3) is 0 Å². The third kappa shape index (κ3) is 4.97. The Morgan fingerprint density at radius 1 is 1.43 bits per heavy atom. The van der Waals surface area contributed by atoms with Gasteiger partial charge in [0.2, 0.25) is 5.91 Å². The number of amides is 1. The fraction of sp³-hybridized carbons (Fsp3) is 0.400. The highest BCUT2D eigenvalue weighted by molar-refractivity contribution is 8.02. The van der Waals surface area contributed by atoms with Crippen LogP contribution in [0.4, 0.5) is 11.4 Å². The lowest BCUT2D eigenvalue weighted by Crippen LogP contribution is -2.40. The number of thioether (sulfide) groups is 1. The van der Waals surface area contributed by atoms with Gasteiger partial charge in [-0.1, -0.05) is 12.1 Å². The second-order valence-electron chi connectivity index (χ2n) is 5.19. The maximum atomic E-state index is 12.0. The van der Waals surface area contributed by atoms with Crippen LogP contribution in [0.3, 0.4) is 0 Å². The summed E-state index contributed by atoms with van der Waals surface area (Å²) in [6, 6.07) is 6.05. The monoisotopic (exact) mass is 336 g/mol. The fourth-order valence-corrected chi connectivity index (χ4v) is 2.94. The van der Waals surface area contributed by atoms with Gasteiger partial charge in [0.25, 0.3) is 5.69 Å². The highest BCUT2D eigenvalue weighted by atomic mass is 32.2. The highest BCUT2D eigenvalue weighted by Gasteiger charge is 2.20. The Morgan fingerprint density at radius 2 is 2.22 bits per heavy atom. The number of nitrogens with zero attached hydrogens (tertiary/aromatic N) is 2. The van der Waals surface area contributed by atoms with Crippen molar-refractivity contribution in [1.82, 2.24) is 4.90 Å². The Bertz CT molecular complexity index is 594. The van der Waals surface area contributed by atoms with E-state index in [9.17, 15) is 14.9 Å². The molecule has 1 heterocycles. The molecule has 0 radical (unpaired) electrons. The van der Waals surface area contributed by atoms with Gasteiger partial charge in [-0.15, -0.1) is 11.8 Å². The number of anilines is 1. The average Bonchev–Trinajstić information content (AvgIpc) is 3.08. The Kier molecular flexibility index (Phi) is 6.42. The summed E-state index contributed by atoms with van der Waals surface area (Å²) >= 11 is 1.57. The first-order valence-electron chi connectivity index (χ1n) is 7.41. The molecule has 1 aliphatic heterocycles. The zero-order valence-electron chi connectivity index (χ0n) is 12.7. The molecule has 3 N–H and O–H groups in total. The molecule has 1 aromatic rings. The number of unbranched alkanes of at least 4 members (excludes halogenated alkanes) is 1. The standard InChI is InChI=1S/C15H20N4O3S/c16-12(15(20)18-9-10-23-11-18)5-3-4-8-17-13-6-1-2-7-14(13)19(21)22/h1-2,6-7,9-10,12,17H,3-5,8,11,16H2. The molecule has 1 unspecified atom stereocenters. The SMILES string of the molecule is NC(CCCCNc1ccccc1[N+](=O)[O-])C(=O)N1C=CSC1. The molecule has 0 bridgehead atoms. The van der Waals surface area contributed by atoms with Crippen molar-refractivity contribution in [1.29, 1.82) is 0 Å². The number of carbonyl (C=O) groups is 1. The summed E-state index contributed by atoms with van der Waals surface area (Å²) in [6.45, 7) is 0.602. The molecule has 0 saturated carbocycles. The lowest BCUT2D eigenvalue weighted by Gasteiger charge is -2.18. The molecule has 7 nitrogen and oxygen atoms in total. The maximum Gasteiger partial charge on any atom is 0.292 e. The summed E-state index contributed by atoms with van der Waals surface area (Å²) in [5.74, 6) is 0.573. The molecular formula is C15H20N4O3S. The minimum Gasteiger partial charge on any atom is -0.379 e. The van der Waals surface area contributed by atoms with E-state index in [0.717, 1.165) is 12.8 Å². The van der Waals surface area contributed by atoms with Crippen LogP contribution in [-0.4, -0.2) is 34.2 Å². The molecule has 0 spiro atoms. The van der Waals surface area contributed by atoms with Crippen LogP contribution in [0, 0.1) is 10.1 Å². The predicted octanol–water partition coefficient (Wildman–Crippen LogP) is 2.51. The van der Waals surface area contributed by atoms with Crippen molar-refractivity contribution >= 4 is 29.0 Å². The van der Waals surface area contributed by atoms with Gasteiger partial charge in [0.1, 0.15) is 5.69 Å². The van der Waals surface area contributed by atoms with Gasteiger partial charge in [-0.25, -0.2) is 0 Å². The minimum absolute atomic E-state index is 0.0575. The number of nitrogens with one attached hydrogen (secondary N) is 1. The molecule has 23 heavy (non-hydrogen) atoms. The average molecular weight is 336 g/mol. The van der Waals surface area contributed by atoms with Crippen molar-refractivity contribution in [3.8, 4) is 0 Å². The third-order valence-corrected chi connectivity index (χ3v) is 4.25. The van der Waals surface area contributed by atoms with E-state index >= 15 is 0 Å². The van der Waals surface area contributed by atoms with E-state index in [1.54, 1.807) is 41.1 Å². The molecule has 1 atom stereocenters. The normalized spacial score (nSPS) is 14.7. The van der Waals surface area contributed by atoms with Gasteiger partial charge in [-0.3, -0.25) is 14.9 Å². The maximum absolute atomic E-state index is 12.0. The number of carbonyl (C=O) groups excluding carboxylic acids is 1. The van der Waals surface area contributed by atoms with Crippen LogP contribution in [0.1, 0.15) is 19.3 Å². The number of hydrogen-bond acceptors (Lipinski definition) is 6. The molecule has 8 heteroatoms. The van der Waals surface area contributed by atoms with Crippen molar-refractivity contribution in [3.63, 3.8) is 0 Å². The second kappa shape index (κ2) is 8.54. The van der Waals surface area contributed by atoms with E-state index in [-0.39, 0.29) is 11.6 Å². The quantitative estimate of drug-likeness (QED) is 0.430. The molecule has 124 valence electrons. The van der Waals surface area contributed by atoms with Gasteiger partial charge in [0, 0.05) is 18.8 Å². The third-order valence-electron chi connectivity index (χ3n) is 3.51. The molecule has 0 fully saturated rings. The summed E-state index contributed by atoms with van der Waals surface area (Å²) in [4.78, 5) is 24.1. The van der Waals surface area contributed by atoms with Crippen molar-refractivity contribution in [2.75, 3.05) is 17.7 Å². The van der Waals surface area contributed by atoms with Gasteiger partial charge in [0.15, 0.2) is 0 Å². The summed E-state index contributed by atoms with van der Waals surface area (Å²) in [7, 11) is 0. The lowest BCUT2D eigenvalue weighted by atomic mass is 10.1. The van der Waals surface area contributed by atoms with E-state index in [1.807, 2.05) is 5.41 Å². The van der Waals surface area contributed by atoms with Crippen molar-refractivity contribution < 1.29 is 9.72 Å². The minimum atomic E-state index is -0.496. The first-order valence-corrected chi connectivity index (χ1v) is 8.46. The number of benzene rings is 1. The summed E-state index contributed by atoms with van der Waals surface area (Å²) < 4.78 is 0. The summed E-state index contributed by atoms with van der Waals surface area (Å²) in [5, 5.41) is 15.8. The summed E-state index contributed by atoms with van der Waals surface area (Å²) in [5.41, 5.74) is 6.49. The number of para-hydroxylation sites is 2. The van der Waals surface area contributed by atoms with Crippen LogP contribution in [-0.2, 0) is 4.79 Å². The number of nitro benzene ring substituents is 1. The van der Waals surface area contributed by atoms with Crippen LogP contribution in [0.15, 0.2) is 35.9 Å². The number of rotatable bonds is 8. The smallest absolute Gasteiger partial charge is 0.292 e. The van der Waals surface area contributed by atoms with Gasteiger partial charge < -0.3 is 16.0 Å². The van der Waals surface area contributed by atoms with Gasteiger partial charge >= 0.3 is 0 Å². The Hall–Kier alpha value is -2.06. The lowest BCUT2D eigenvalue weighted by molar-refractivity contribution is -0.384. The van der Waals surface area contributed by atoms with E-state index in [1.165, 1.54) is 6.07 Å². The Morgan fingerprint density at radius 3 is 2.91 bits per heavy atom. The van der Waals surface area contributed by atoms with Crippen LogP contribution < -0.4 is 11.1 Å². The molecule has 0 saturated heterocycles. The fourth-order valence-electron chi connectivity index (χ4n) is 2.25. The molecule has 1 aliphatic rings. The van der Waals surface area contributed by atoms with Crippen molar-refractivity contribution in [3.05, 3.63) is 46.0 Å². The molecule has 0 aromatic heterocycles. The Labute approximate surface area is 139 Å². The largest absolute Gasteiger partial charge is 0.379 e. The first-order chi connectivity index (χ1) is 11.1. The van der Waals surface area contributed by atoms with Crippen LogP contribution in [0.2, 0.25) is 0 Å². The van der Waals surface area contributed by atoms with Gasteiger partial charge in [-0.05, 0) is 30.7 Å². The predicted molar refractivity (Wildman–Crippen MR) is 91.9 cm³/mol. The zero-order valence-corrected chi connectivity index (χ0v) is 13.5. The van der Waals surface area contributed by atoms with Crippen LogP contribution in [0.5, 0.6) is 0 Å². The number of nitro groups is 1. The van der Waals surface area contributed by atoms with Gasteiger partial charge in [0.05, 0.1) is 16.8 Å². The number of nitrogens with two attached hydrogens (primary N) is 1. The van der Waals surface area contributed by atoms with E-state index in [4.69, 9.17) is 5.73 Å². The van der Waals surface area contributed by atoms with Crippen molar-refractivity contribution in [2.24, 2.45) is 5.73 Å². The number of hydrogen-bond donors (Lipinski definition) is 2. The van der Waals surface area contributed by atoms with E-state index in [2.05, 4.69) is 5.32 Å². The molecule has 2 rings (SSSR count). The second-order valence-corrected chi connectivity index (χ2v) is 6.06. The topological polar surface area (TPSA) is 101 Å². The summed E-state index contributed by atoms with van der Waals surface area (Å²) in [6.07, 6.45) is 3.93. The van der Waals surface area contributed by atoms with Crippen molar-refractivity contribution in [2.45, 2.75) is 25.3 Å². The molecule has 1 amide bonds. The zero-order chi connectivity index (χ0) is 16.7. The van der Waals surface area contributed by atoms with Gasteiger partial charge in [-0.2, -0.15) is 0 Å². The van der Waals surface area contributed by atoms with E-state index < -0.39 is 11.0 Å².